The van der Waals surface area contributed by atoms with E-state index in [1.807, 2.05) is 0 Å². The number of aromatic nitrogens is 4. The highest BCUT2D eigenvalue weighted by molar-refractivity contribution is 7.14. The van der Waals surface area contributed by atoms with Gasteiger partial charge in [-0.2, -0.15) is 0 Å². The van der Waals surface area contributed by atoms with Gasteiger partial charge in [0, 0.05) is 24.3 Å². The zero-order valence-corrected chi connectivity index (χ0v) is 16.5. The zero-order chi connectivity index (χ0) is 20.5. The normalized spacial score (nSPS) is 11.0. The summed E-state index contributed by atoms with van der Waals surface area (Å²) < 4.78 is 6.39. The number of fused-ring (bicyclic) bond motifs is 1. The van der Waals surface area contributed by atoms with E-state index in [4.69, 9.17) is 16.3 Å². The third-order valence-corrected chi connectivity index (χ3v) is 5.45. The molecule has 4 aromatic rings. The molecule has 0 fully saturated rings. The standard InChI is InChI=1S/C18H14ClN5O4S/c1-28-18(27)10-6-9(2-3-11(10)19)7-21-15-17-23-22-16(24(17)5-4-20-15)14-13(26)12(25)8-29-14/h2-6,8,25-26H,7H2,1H3,(H,20,21). The van der Waals surface area contributed by atoms with Crippen molar-refractivity contribution < 1.29 is 19.7 Å². The van der Waals surface area contributed by atoms with Crippen LogP contribution in [0.5, 0.6) is 11.5 Å². The van der Waals surface area contributed by atoms with E-state index in [0.717, 1.165) is 16.9 Å². The van der Waals surface area contributed by atoms with Crippen LogP contribution in [0.15, 0.2) is 36.0 Å². The van der Waals surface area contributed by atoms with Gasteiger partial charge in [-0.15, -0.1) is 21.5 Å². The Morgan fingerprint density at radius 2 is 2.17 bits per heavy atom. The Hall–Kier alpha value is -3.37. The Bertz CT molecular complexity index is 1220. The number of methoxy groups -OCH3 is 1. The highest BCUT2D eigenvalue weighted by Crippen LogP contribution is 2.41. The predicted molar refractivity (Wildman–Crippen MR) is 108 cm³/mol. The number of halogens is 1. The number of thiophene rings is 1. The molecule has 0 amide bonds. The molecule has 0 saturated carbocycles. The van der Waals surface area contributed by atoms with Crippen LogP contribution < -0.4 is 5.32 Å². The number of nitrogens with zero attached hydrogens (tertiary/aromatic N) is 4. The Labute approximate surface area is 173 Å². The Morgan fingerprint density at radius 1 is 1.34 bits per heavy atom. The lowest BCUT2D eigenvalue weighted by Gasteiger charge is -2.09. The molecular weight excluding hydrogens is 418 g/mol. The summed E-state index contributed by atoms with van der Waals surface area (Å²) >= 11 is 7.20. The number of hydrogen-bond donors (Lipinski definition) is 3. The monoisotopic (exact) mass is 431 g/mol. The summed E-state index contributed by atoms with van der Waals surface area (Å²) in [5.74, 6) is -0.127. The summed E-state index contributed by atoms with van der Waals surface area (Å²) in [7, 11) is 1.29. The second kappa shape index (κ2) is 7.57. The average Bonchev–Trinajstić information content (AvgIpc) is 3.30. The molecule has 0 atom stereocenters. The number of carbonyl (C=O) groups is 1. The molecule has 0 aliphatic rings. The van der Waals surface area contributed by atoms with E-state index in [1.165, 1.54) is 12.5 Å². The molecule has 0 aliphatic carbocycles. The maximum absolute atomic E-state index is 11.8. The smallest absolute Gasteiger partial charge is 0.339 e. The molecule has 1 aromatic carbocycles. The summed E-state index contributed by atoms with van der Waals surface area (Å²) in [5.41, 5.74) is 1.51. The summed E-state index contributed by atoms with van der Waals surface area (Å²) in [6.45, 7) is 0.348. The van der Waals surface area contributed by atoms with Crippen LogP contribution in [0.2, 0.25) is 5.02 Å². The summed E-state index contributed by atoms with van der Waals surface area (Å²) in [6.07, 6.45) is 3.22. The van der Waals surface area contributed by atoms with Crippen molar-refractivity contribution in [3.8, 4) is 22.2 Å². The van der Waals surface area contributed by atoms with Crippen LogP contribution in [-0.4, -0.2) is 42.9 Å². The molecule has 148 valence electrons. The quantitative estimate of drug-likeness (QED) is 0.411. The Morgan fingerprint density at radius 3 is 2.90 bits per heavy atom. The summed E-state index contributed by atoms with van der Waals surface area (Å²) in [5, 5.41) is 32.7. The first-order chi connectivity index (χ1) is 14.0. The number of rotatable bonds is 5. The van der Waals surface area contributed by atoms with Crippen molar-refractivity contribution in [2.45, 2.75) is 6.54 Å². The SMILES string of the molecule is COC(=O)c1cc(CNc2nccn3c(-c4scc(O)c4O)nnc23)ccc1Cl. The summed E-state index contributed by atoms with van der Waals surface area (Å²) in [4.78, 5) is 16.5. The molecule has 0 bridgehead atoms. The van der Waals surface area contributed by atoms with E-state index in [1.54, 1.807) is 35.0 Å². The zero-order valence-electron chi connectivity index (χ0n) is 15.0. The topological polar surface area (TPSA) is 122 Å². The van der Waals surface area contributed by atoms with Gasteiger partial charge >= 0.3 is 5.97 Å². The number of ether oxygens (including phenoxy) is 1. The van der Waals surface area contributed by atoms with Gasteiger partial charge < -0.3 is 20.3 Å². The molecule has 3 heterocycles. The molecule has 4 rings (SSSR count). The van der Waals surface area contributed by atoms with Gasteiger partial charge in [0.05, 0.1) is 17.7 Å². The van der Waals surface area contributed by atoms with E-state index in [9.17, 15) is 15.0 Å². The van der Waals surface area contributed by atoms with Crippen LogP contribution in [0.25, 0.3) is 16.3 Å². The first-order valence-corrected chi connectivity index (χ1v) is 9.55. The average molecular weight is 432 g/mol. The molecule has 0 saturated heterocycles. The molecule has 0 radical (unpaired) electrons. The third-order valence-electron chi connectivity index (χ3n) is 4.17. The fourth-order valence-corrected chi connectivity index (χ4v) is 3.74. The summed E-state index contributed by atoms with van der Waals surface area (Å²) in [6, 6.07) is 5.05. The lowest BCUT2D eigenvalue weighted by Crippen LogP contribution is -2.07. The predicted octanol–water partition coefficient (Wildman–Crippen LogP) is 3.32. The van der Waals surface area contributed by atoms with E-state index < -0.39 is 5.97 Å². The van der Waals surface area contributed by atoms with Gasteiger partial charge in [-0.1, -0.05) is 17.7 Å². The van der Waals surface area contributed by atoms with Crippen LogP contribution in [-0.2, 0) is 11.3 Å². The minimum Gasteiger partial charge on any atom is -0.504 e. The first kappa shape index (κ1) is 19.0. The van der Waals surface area contributed by atoms with Crippen LogP contribution in [0.3, 0.4) is 0 Å². The largest absolute Gasteiger partial charge is 0.504 e. The number of nitrogens with one attached hydrogen (secondary N) is 1. The van der Waals surface area contributed by atoms with Crippen molar-refractivity contribution in [2.75, 3.05) is 12.4 Å². The van der Waals surface area contributed by atoms with Gasteiger partial charge in [-0.05, 0) is 17.7 Å². The lowest BCUT2D eigenvalue weighted by molar-refractivity contribution is 0.0601. The molecule has 29 heavy (non-hydrogen) atoms. The molecule has 0 spiro atoms. The van der Waals surface area contributed by atoms with Crippen molar-refractivity contribution in [1.82, 2.24) is 19.6 Å². The van der Waals surface area contributed by atoms with Gasteiger partial charge in [0.1, 0.15) is 4.88 Å². The molecule has 11 heteroatoms. The maximum Gasteiger partial charge on any atom is 0.339 e. The maximum atomic E-state index is 11.8. The Kier molecular flexibility index (Phi) is 4.95. The molecule has 9 nitrogen and oxygen atoms in total. The van der Waals surface area contributed by atoms with E-state index in [-0.39, 0.29) is 17.1 Å². The van der Waals surface area contributed by atoms with Crippen molar-refractivity contribution in [1.29, 1.82) is 0 Å². The Balaban J connectivity index is 1.63. The van der Waals surface area contributed by atoms with Crippen molar-refractivity contribution in [3.63, 3.8) is 0 Å². The van der Waals surface area contributed by atoms with E-state index in [2.05, 4.69) is 20.5 Å². The molecule has 3 aromatic heterocycles. The number of benzene rings is 1. The molecule has 3 N–H and O–H groups in total. The fourth-order valence-electron chi connectivity index (χ4n) is 2.74. The van der Waals surface area contributed by atoms with Crippen LogP contribution in [0, 0.1) is 0 Å². The molecule has 0 unspecified atom stereocenters. The number of carbonyl (C=O) groups excluding carboxylic acids is 1. The van der Waals surface area contributed by atoms with Crippen molar-refractivity contribution >= 4 is 40.4 Å². The second-order valence-electron chi connectivity index (χ2n) is 5.95. The molecule has 0 aliphatic heterocycles. The van der Waals surface area contributed by atoms with Gasteiger partial charge in [0.15, 0.2) is 23.1 Å². The lowest BCUT2D eigenvalue weighted by atomic mass is 10.1. The first-order valence-electron chi connectivity index (χ1n) is 8.29. The number of hydrogen-bond acceptors (Lipinski definition) is 9. The minimum absolute atomic E-state index is 0.210. The van der Waals surface area contributed by atoms with E-state index in [0.29, 0.717) is 33.7 Å². The van der Waals surface area contributed by atoms with Gasteiger partial charge in [-0.25, -0.2) is 9.78 Å². The van der Waals surface area contributed by atoms with Crippen molar-refractivity contribution in [3.05, 3.63) is 52.1 Å². The minimum atomic E-state index is -0.516. The van der Waals surface area contributed by atoms with E-state index >= 15 is 0 Å². The van der Waals surface area contributed by atoms with Crippen LogP contribution in [0.1, 0.15) is 15.9 Å². The van der Waals surface area contributed by atoms with Crippen molar-refractivity contribution in [2.24, 2.45) is 0 Å². The highest BCUT2D eigenvalue weighted by atomic mass is 35.5. The van der Waals surface area contributed by atoms with Gasteiger partial charge in [0.2, 0.25) is 5.65 Å². The number of aromatic hydroxyl groups is 2. The van der Waals surface area contributed by atoms with Gasteiger partial charge in [-0.3, -0.25) is 4.40 Å². The van der Waals surface area contributed by atoms with Crippen LogP contribution in [0.4, 0.5) is 5.82 Å². The second-order valence-corrected chi connectivity index (χ2v) is 7.24. The fraction of sp³-hybridized carbons (Fsp3) is 0.111. The van der Waals surface area contributed by atoms with Gasteiger partial charge in [0.25, 0.3) is 0 Å². The van der Waals surface area contributed by atoms with Crippen LogP contribution >= 0.6 is 22.9 Å². The molecular formula is C18H14ClN5O4S. The number of esters is 1. The third kappa shape index (κ3) is 3.43. The number of anilines is 1. The highest BCUT2D eigenvalue weighted by Gasteiger charge is 2.19.